The molecule has 0 spiro atoms. The Kier molecular flexibility index (Phi) is 14.2. The number of nitrogens with one attached hydrogen (secondary N) is 1. The lowest BCUT2D eigenvalue weighted by molar-refractivity contribution is 0.0740. The van der Waals surface area contributed by atoms with Gasteiger partial charge in [-0.25, -0.2) is 19.9 Å². The quantitative estimate of drug-likeness (QED) is 0.160. The first-order valence-electron chi connectivity index (χ1n) is 21.7. The number of hydrogen-bond acceptors (Lipinski definition) is 14. The molecule has 3 aliphatic rings. The van der Waals surface area contributed by atoms with Crippen LogP contribution in [0.3, 0.4) is 0 Å². The van der Waals surface area contributed by atoms with E-state index >= 15 is 0 Å². The molecule has 0 aliphatic carbocycles. The van der Waals surface area contributed by atoms with Crippen LogP contribution in [0.25, 0.3) is 22.5 Å². The van der Waals surface area contributed by atoms with Crippen LogP contribution in [-0.4, -0.2) is 89.2 Å². The SMILES string of the molecule is COc1ccc2cc1-c1ccnc(n1)N(C1/C=C/COCc3cccc(c3)Nc3nccc(n3)-c3cncc(c3)CO1)c1ccc(OCCN3CCCC3)c(c1)COC/C=C/COC2. The van der Waals surface area contributed by atoms with E-state index in [9.17, 15) is 0 Å². The van der Waals surface area contributed by atoms with Gasteiger partial charge < -0.3 is 33.7 Å². The highest BCUT2D eigenvalue weighted by Gasteiger charge is 2.25. The van der Waals surface area contributed by atoms with Gasteiger partial charge in [0.25, 0.3) is 0 Å². The van der Waals surface area contributed by atoms with Gasteiger partial charge >= 0.3 is 0 Å². The summed E-state index contributed by atoms with van der Waals surface area (Å²) in [6.45, 7) is 6.11. The van der Waals surface area contributed by atoms with Gasteiger partial charge in [-0.15, -0.1) is 0 Å². The molecule has 3 aromatic carbocycles. The van der Waals surface area contributed by atoms with E-state index in [4.69, 9.17) is 43.4 Å². The van der Waals surface area contributed by atoms with Crippen molar-refractivity contribution in [1.82, 2.24) is 29.8 Å². The van der Waals surface area contributed by atoms with Crippen molar-refractivity contribution in [2.24, 2.45) is 0 Å². The van der Waals surface area contributed by atoms with E-state index in [1.165, 1.54) is 12.8 Å². The van der Waals surface area contributed by atoms with Gasteiger partial charge in [-0.2, -0.15) is 0 Å². The highest BCUT2D eigenvalue weighted by atomic mass is 16.5. The number of nitrogens with zero attached hydrogens (tertiary/aromatic N) is 7. The molecule has 3 aromatic heterocycles. The Hall–Kier alpha value is -6.55. The molecule has 1 N–H and O–H groups in total. The van der Waals surface area contributed by atoms with Gasteiger partial charge in [-0.1, -0.05) is 36.4 Å². The summed E-state index contributed by atoms with van der Waals surface area (Å²) >= 11 is 0. The molecule has 1 atom stereocenters. The topological polar surface area (TPSA) is 138 Å². The van der Waals surface area contributed by atoms with E-state index in [2.05, 4.69) is 26.3 Å². The lowest BCUT2D eigenvalue weighted by atomic mass is 10.1. The molecule has 6 heterocycles. The monoisotopic (exact) mass is 860 g/mol. The lowest BCUT2D eigenvalue weighted by Gasteiger charge is -2.31. The first kappa shape index (κ1) is 42.7. The Morgan fingerprint density at radius 2 is 1.52 bits per heavy atom. The second kappa shape index (κ2) is 21.2. The number of pyridine rings is 1. The number of rotatable bonds is 6. The molecule has 64 heavy (non-hydrogen) atoms. The van der Waals surface area contributed by atoms with Crippen LogP contribution >= 0.6 is 0 Å². The third-order valence-corrected chi connectivity index (χ3v) is 11.1. The maximum atomic E-state index is 6.93. The number of aromatic nitrogens is 5. The minimum absolute atomic E-state index is 0.198. The summed E-state index contributed by atoms with van der Waals surface area (Å²) < 4.78 is 37.8. The van der Waals surface area contributed by atoms with Gasteiger partial charge in [0.05, 0.1) is 64.7 Å². The fourth-order valence-corrected chi connectivity index (χ4v) is 7.88. The Bertz CT molecular complexity index is 2560. The average Bonchev–Trinajstić information content (AvgIpc) is 3.85. The normalized spacial score (nSPS) is 18.3. The van der Waals surface area contributed by atoms with Crippen molar-refractivity contribution in [3.05, 3.63) is 150 Å². The fourth-order valence-electron chi connectivity index (χ4n) is 7.88. The second-order valence-electron chi connectivity index (χ2n) is 15.7. The molecule has 1 unspecified atom stereocenters. The van der Waals surface area contributed by atoms with E-state index < -0.39 is 6.23 Å². The summed E-state index contributed by atoms with van der Waals surface area (Å²) in [5.41, 5.74) is 8.37. The first-order chi connectivity index (χ1) is 31.6. The molecule has 1 fully saturated rings. The second-order valence-corrected chi connectivity index (χ2v) is 15.7. The number of hydrogen-bond donors (Lipinski definition) is 1. The summed E-state index contributed by atoms with van der Waals surface area (Å²) in [4.78, 5) is 28.5. The molecular weight excluding hydrogens is 809 g/mol. The zero-order valence-electron chi connectivity index (χ0n) is 36.0. The van der Waals surface area contributed by atoms with Crippen LogP contribution in [0.15, 0.2) is 128 Å². The Morgan fingerprint density at radius 1 is 0.719 bits per heavy atom. The summed E-state index contributed by atoms with van der Waals surface area (Å²) in [5, 5.41) is 3.33. The van der Waals surface area contributed by atoms with Crippen LogP contribution in [0.2, 0.25) is 0 Å². The summed E-state index contributed by atoms with van der Waals surface area (Å²) in [6, 6.07) is 25.9. The van der Waals surface area contributed by atoms with E-state index in [0.717, 1.165) is 75.8 Å². The summed E-state index contributed by atoms with van der Waals surface area (Å²) in [7, 11) is 1.66. The van der Waals surface area contributed by atoms with Crippen LogP contribution in [0.5, 0.6) is 11.5 Å². The van der Waals surface area contributed by atoms with Crippen molar-refractivity contribution >= 4 is 23.3 Å². The molecule has 12 bridgehead atoms. The largest absolute Gasteiger partial charge is 0.496 e. The molecule has 1 saturated heterocycles. The number of ether oxygens (including phenoxy) is 6. The predicted octanol–water partition coefficient (Wildman–Crippen LogP) is 8.59. The predicted molar refractivity (Wildman–Crippen MR) is 245 cm³/mol. The standard InChI is InChI=1S/C50H52N8O6/c1-59-47-13-11-37-28-43(47)45-16-18-53-50(56-45)58(42-12-14-46(63-25-21-57-19-2-3-20-57)40(29-42)35-62-23-5-4-22-60-33-37)48-10-7-24-61-32-36-8-6-9-41(27-36)54-49-52-17-15-44(55-49)39-26-38(34-64-48)30-51-31-39/h4-18,26-31,48H,2-3,19-25,32-35H2,1H3,(H,52,54,55)/b5-4+,10-7+. The lowest BCUT2D eigenvalue weighted by Crippen LogP contribution is -2.33. The maximum Gasteiger partial charge on any atom is 0.232 e. The van der Waals surface area contributed by atoms with E-state index in [1.54, 1.807) is 31.9 Å². The third-order valence-electron chi connectivity index (χ3n) is 11.1. The highest BCUT2D eigenvalue weighted by Crippen LogP contribution is 2.36. The van der Waals surface area contributed by atoms with Crippen molar-refractivity contribution in [2.45, 2.75) is 45.5 Å². The number of fused-ring (bicyclic) bond motifs is 14. The number of likely N-dealkylation sites (tertiary alicyclic amines) is 1. The molecule has 0 radical (unpaired) electrons. The third kappa shape index (κ3) is 11.0. The molecule has 9 rings (SSSR count). The molecule has 14 nitrogen and oxygen atoms in total. The summed E-state index contributed by atoms with van der Waals surface area (Å²) in [5.74, 6) is 2.31. The van der Waals surface area contributed by atoms with Crippen LogP contribution < -0.4 is 19.7 Å². The molecule has 6 aromatic rings. The van der Waals surface area contributed by atoms with Gasteiger partial charge in [-0.3, -0.25) is 14.8 Å². The van der Waals surface area contributed by atoms with Crippen LogP contribution in [0.4, 0.5) is 23.3 Å². The van der Waals surface area contributed by atoms with Gasteiger partial charge in [0, 0.05) is 59.4 Å². The molecule has 14 heteroatoms. The molecule has 0 saturated carbocycles. The van der Waals surface area contributed by atoms with Crippen LogP contribution in [0, 0.1) is 0 Å². The molecular formula is C50H52N8O6. The molecule has 3 aliphatic heterocycles. The van der Waals surface area contributed by atoms with Crippen LogP contribution in [0.1, 0.15) is 35.1 Å². The number of methoxy groups -OCH3 is 1. The zero-order valence-corrected chi connectivity index (χ0v) is 36.0. The van der Waals surface area contributed by atoms with Crippen molar-refractivity contribution in [3.8, 4) is 34.0 Å². The van der Waals surface area contributed by atoms with E-state index in [-0.39, 0.29) is 6.61 Å². The van der Waals surface area contributed by atoms with Crippen LogP contribution in [-0.2, 0) is 45.4 Å². The van der Waals surface area contributed by atoms with Gasteiger partial charge in [0.15, 0.2) is 6.23 Å². The van der Waals surface area contributed by atoms with Crippen molar-refractivity contribution < 1.29 is 28.4 Å². The van der Waals surface area contributed by atoms with E-state index in [0.29, 0.717) is 69.6 Å². The fraction of sp³-hybridized carbons (Fsp3) is 0.300. The van der Waals surface area contributed by atoms with Crippen molar-refractivity contribution in [2.75, 3.05) is 63.4 Å². The van der Waals surface area contributed by atoms with Gasteiger partial charge in [0.2, 0.25) is 11.9 Å². The maximum absolute atomic E-state index is 6.93. The van der Waals surface area contributed by atoms with Crippen molar-refractivity contribution in [3.63, 3.8) is 0 Å². The van der Waals surface area contributed by atoms with Gasteiger partial charge in [-0.05, 0) is 109 Å². The molecule has 0 amide bonds. The highest BCUT2D eigenvalue weighted by molar-refractivity contribution is 5.70. The average molecular weight is 861 g/mol. The van der Waals surface area contributed by atoms with E-state index in [1.807, 2.05) is 102 Å². The Morgan fingerprint density at radius 3 is 2.39 bits per heavy atom. The smallest absolute Gasteiger partial charge is 0.232 e. The first-order valence-corrected chi connectivity index (χ1v) is 21.7. The molecule has 328 valence electrons. The minimum Gasteiger partial charge on any atom is -0.496 e. The Balaban J connectivity index is 1.13. The summed E-state index contributed by atoms with van der Waals surface area (Å²) in [6.07, 6.45) is 16.7. The number of anilines is 4. The zero-order chi connectivity index (χ0) is 43.3. The van der Waals surface area contributed by atoms with Crippen molar-refractivity contribution in [1.29, 1.82) is 0 Å². The number of benzene rings is 3. The Labute approximate surface area is 373 Å². The minimum atomic E-state index is -0.731. The van der Waals surface area contributed by atoms with Gasteiger partial charge in [0.1, 0.15) is 18.1 Å².